The van der Waals surface area contributed by atoms with Gasteiger partial charge in [-0.05, 0) is 55.9 Å². The van der Waals surface area contributed by atoms with Crippen LogP contribution in [0.1, 0.15) is 35.7 Å². The SMILES string of the molecule is CCOCCOC(=NC(=O)c1cccc(OC)c1)N1CCC(Cc2ccccc2)CC1. The number of amidine groups is 1. The van der Waals surface area contributed by atoms with Crippen molar-refractivity contribution < 1.29 is 19.0 Å². The van der Waals surface area contributed by atoms with E-state index in [4.69, 9.17) is 14.2 Å². The molecule has 0 N–H and O–H groups in total. The van der Waals surface area contributed by atoms with Crippen molar-refractivity contribution in [2.75, 3.05) is 40.0 Å². The number of carbonyl (C=O) groups excluding carboxylic acids is 1. The maximum absolute atomic E-state index is 12.8. The molecule has 1 amide bonds. The number of carbonyl (C=O) groups is 1. The highest BCUT2D eigenvalue weighted by Gasteiger charge is 2.24. The van der Waals surface area contributed by atoms with Crippen LogP contribution in [-0.2, 0) is 15.9 Å². The van der Waals surface area contributed by atoms with Crippen molar-refractivity contribution in [3.05, 3.63) is 65.7 Å². The first-order valence-corrected chi connectivity index (χ1v) is 11.0. The molecule has 0 aromatic heterocycles. The van der Waals surface area contributed by atoms with Gasteiger partial charge < -0.3 is 19.1 Å². The molecule has 0 bridgehead atoms. The van der Waals surface area contributed by atoms with Gasteiger partial charge in [-0.3, -0.25) is 4.79 Å². The highest BCUT2D eigenvalue weighted by molar-refractivity contribution is 6.01. The second-order valence-corrected chi connectivity index (χ2v) is 7.60. The minimum Gasteiger partial charge on any atom is -0.497 e. The lowest BCUT2D eigenvalue weighted by Crippen LogP contribution is -2.41. The minimum atomic E-state index is -0.336. The number of methoxy groups -OCH3 is 1. The smallest absolute Gasteiger partial charge is 0.295 e. The van der Waals surface area contributed by atoms with E-state index >= 15 is 0 Å². The van der Waals surface area contributed by atoms with Crippen molar-refractivity contribution in [1.29, 1.82) is 0 Å². The zero-order valence-corrected chi connectivity index (χ0v) is 18.5. The van der Waals surface area contributed by atoms with Crippen molar-refractivity contribution in [1.82, 2.24) is 4.90 Å². The van der Waals surface area contributed by atoms with Gasteiger partial charge in [0.15, 0.2) is 0 Å². The zero-order chi connectivity index (χ0) is 21.9. The summed E-state index contributed by atoms with van der Waals surface area (Å²) in [5, 5.41) is 0. The van der Waals surface area contributed by atoms with E-state index in [0.717, 1.165) is 32.4 Å². The van der Waals surface area contributed by atoms with E-state index in [-0.39, 0.29) is 5.91 Å². The van der Waals surface area contributed by atoms with Crippen molar-refractivity contribution in [2.24, 2.45) is 10.9 Å². The minimum absolute atomic E-state index is 0.336. The molecule has 1 heterocycles. The summed E-state index contributed by atoms with van der Waals surface area (Å²) in [6.07, 6.45) is 3.15. The van der Waals surface area contributed by atoms with Gasteiger partial charge in [0.2, 0.25) is 0 Å². The number of likely N-dealkylation sites (tertiary alicyclic amines) is 1. The van der Waals surface area contributed by atoms with Crippen LogP contribution in [0.2, 0.25) is 0 Å². The number of amides is 1. The molecule has 0 saturated carbocycles. The third kappa shape index (κ3) is 7.10. The van der Waals surface area contributed by atoms with Crippen LogP contribution in [-0.4, -0.2) is 56.8 Å². The third-order valence-electron chi connectivity index (χ3n) is 5.43. The van der Waals surface area contributed by atoms with Gasteiger partial charge in [-0.2, -0.15) is 4.99 Å². The molecular weight excluding hydrogens is 392 g/mol. The second kappa shape index (κ2) is 12.1. The molecule has 1 saturated heterocycles. The molecule has 1 aliphatic rings. The quantitative estimate of drug-likeness (QED) is 0.361. The second-order valence-electron chi connectivity index (χ2n) is 7.60. The molecule has 3 rings (SSSR count). The van der Waals surface area contributed by atoms with Crippen LogP contribution < -0.4 is 4.74 Å². The molecule has 166 valence electrons. The Morgan fingerprint density at radius 2 is 1.84 bits per heavy atom. The lowest BCUT2D eigenvalue weighted by atomic mass is 9.90. The molecule has 6 heteroatoms. The summed E-state index contributed by atoms with van der Waals surface area (Å²) >= 11 is 0. The Morgan fingerprint density at radius 1 is 1.06 bits per heavy atom. The van der Waals surface area contributed by atoms with Gasteiger partial charge in [0.05, 0.1) is 13.7 Å². The molecule has 0 spiro atoms. The monoisotopic (exact) mass is 424 g/mol. The topological polar surface area (TPSA) is 60.4 Å². The predicted molar refractivity (Wildman–Crippen MR) is 122 cm³/mol. The fraction of sp³-hybridized carbons (Fsp3) is 0.440. The maximum atomic E-state index is 12.8. The summed E-state index contributed by atoms with van der Waals surface area (Å²) in [5.41, 5.74) is 1.85. The van der Waals surface area contributed by atoms with Gasteiger partial charge in [0.25, 0.3) is 11.9 Å². The lowest BCUT2D eigenvalue weighted by molar-refractivity contribution is 0.0891. The van der Waals surface area contributed by atoms with E-state index in [2.05, 4.69) is 34.2 Å². The number of nitrogens with zero attached hydrogens (tertiary/aromatic N) is 2. The number of hydrogen-bond acceptors (Lipinski definition) is 4. The van der Waals surface area contributed by atoms with Crippen LogP contribution in [0.3, 0.4) is 0 Å². The average Bonchev–Trinajstić information content (AvgIpc) is 2.82. The molecule has 2 aromatic carbocycles. The van der Waals surface area contributed by atoms with Crippen LogP contribution in [0, 0.1) is 5.92 Å². The van der Waals surface area contributed by atoms with Crippen LogP contribution in [0.25, 0.3) is 0 Å². The number of rotatable bonds is 8. The number of aliphatic imine (C=N–C) groups is 1. The fourth-order valence-corrected chi connectivity index (χ4v) is 3.71. The highest BCUT2D eigenvalue weighted by atomic mass is 16.5. The van der Waals surface area contributed by atoms with Crippen molar-refractivity contribution >= 4 is 11.9 Å². The van der Waals surface area contributed by atoms with E-state index in [1.165, 1.54) is 5.56 Å². The Labute approximate surface area is 184 Å². The zero-order valence-electron chi connectivity index (χ0n) is 18.5. The van der Waals surface area contributed by atoms with Crippen LogP contribution >= 0.6 is 0 Å². The van der Waals surface area contributed by atoms with Gasteiger partial charge in [0, 0.05) is 25.3 Å². The van der Waals surface area contributed by atoms with Gasteiger partial charge in [-0.15, -0.1) is 0 Å². The number of hydrogen-bond donors (Lipinski definition) is 0. The first-order valence-electron chi connectivity index (χ1n) is 11.0. The predicted octanol–water partition coefficient (Wildman–Crippen LogP) is 4.20. The molecule has 6 nitrogen and oxygen atoms in total. The Kier molecular flexibility index (Phi) is 8.91. The lowest BCUT2D eigenvalue weighted by Gasteiger charge is -2.33. The summed E-state index contributed by atoms with van der Waals surface area (Å²) in [7, 11) is 1.58. The third-order valence-corrected chi connectivity index (χ3v) is 5.43. The maximum Gasteiger partial charge on any atom is 0.295 e. The van der Waals surface area contributed by atoms with E-state index in [9.17, 15) is 4.79 Å². The van der Waals surface area contributed by atoms with Crippen molar-refractivity contribution in [3.63, 3.8) is 0 Å². The molecule has 0 radical (unpaired) electrons. The first-order chi connectivity index (χ1) is 15.2. The van der Waals surface area contributed by atoms with E-state index in [0.29, 0.717) is 43.1 Å². The highest BCUT2D eigenvalue weighted by Crippen LogP contribution is 2.22. The molecule has 0 unspecified atom stereocenters. The van der Waals surface area contributed by atoms with Crippen molar-refractivity contribution in [2.45, 2.75) is 26.2 Å². The Hall–Kier alpha value is -2.86. The molecule has 1 fully saturated rings. The molecular formula is C25H32N2O4. The number of ether oxygens (including phenoxy) is 3. The summed E-state index contributed by atoms with van der Waals surface area (Å²) in [6, 6.07) is 18.0. The fourth-order valence-electron chi connectivity index (χ4n) is 3.71. The summed E-state index contributed by atoms with van der Waals surface area (Å²) in [6.45, 7) is 5.03. The van der Waals surface area contributed by atoms with E-state index in [1.807, 2.05) is 13.0 Å². The van der Waals surface area contributed by atoms with Crippen molar-refractivity contribution in [3.8, 4) is 5.75 Å². The molecule has 31 heavy (non-hydrogen) atoms. The summed E-state index contributed by atoms with van der Waals surface area (Å²) < 4.78 is 16.5. The standard InChI is InChI=1S/C25H32N2O4/c1-3-30-16-17-31-25(26-24(28)22-10-7-11-23(19-22)29-2)27-14-12-21(13-15-27)18-20-8-5-4-6-9-20/h4-11,19,21H,3,12-18H2,1-2H3. The van der Waals surface area contributed by atoms with E-state index < -0.39 is 0 Å². The normalized spacial score (nSPS) is 15.0. The van der Waals surface area contributed by atoms with Crippen LogP contribution in [0.15, 0.2) is 59.6 Å². The molecule has 1 aliphatic heterocycles. The largest absolute Gasteiger partial charge is 0.497 e. The number of benzene rings is 2. The van der Waals surface area contributed by atoms with Gasteiger partial charge in [-0.1, -0.05) is 36.4 Å². The average molecular weight is 425 g/mol. The summed E-state index contributed by atoms with van der Waals surface area (Å²) in [4.78, 5) is 19.2. The van der Waals surface area contributed by atoms with Gasteiger partial charge in [-0.25, -0.2) is 0 Å². The van der Waals surface area contributed by atoms with E-state index in [1.54, 1.807) is 31.4 Å². The summed E-state index contributed by atoms with van der Waals surface area (Å²) in [5.74, 6) is 0.913. The molecule has 0 atom stereocenters. The van der Waals surface area contributed by atoms with Crippen LogP contribution in [0.4, 0.5) is 0 Å². The number of piperidine rings is 1. The molecule has 2 aromatic rings. The Bertz CT molecular complexity index is 846. The van der Waals surface area contributed by atoms with Gasteiger partial charge in [0.1, 0.15) is 12.4 Å². The molecule has 0 aliphatic carbocycles. The Balaban J connectivity index is 1.65. The first kappa shape index (κ1) is 22.8. The van der Waals surface area contributed by atoms with Crippen LogP contribution in [0.5, 0.6) is 5.75 Å². The Morgan fingerprint density at radius 3 is 2.55 bits per heavy atom. The van der Waals surface area contributed by atoms with Gasteiger partial charge >= 0.3 is 0 Å².